The summed E-state index contributed by atoms with van der Waals surface area (Å²) in [6.07, 6.45) is 2.39. The summed E-state index contributed by atoms with van der Waals surface area (Å²) >= 11 is 0. The molecule has 2 aliphatic rings. The lowest BCUT2D eigenvalue weighted by molar-refractivity contribution is -0.162. The number of amides is 1. The van der Waals surface area contributed by atoms with Crippen LogP contribution in [0.25, 0.3) is 11.1 Å². The van der Waals surface area contributed by atoms with Gasteiger partial charge in [-0.3, -0.25) is 4.90 Å². The summed E-state index contributed by atoms with van der Waals surface area (Å²) in [6, 6.07) is 16.3. The molecular weight excluding hydrogens is 378 g/mol. The summed E-state index contributed by atoms with van der Waals surface area (Å²) in [6.45, 7) is 4.06. The van der Waals surface area contributed by atoms with Crippen LogP contribution in [0.3, 0.4) is 0 Å². The molecule has 4 rings (SSSR count). The second-order valence-electron chi connectivity index (χ2n) is 9.12. The molecule has 1 unspecified atom stereocenters. The molecule has 1 N–H and O–H groups in total. The summed E-state index contributed by atoms with van der Waals surface area (Å²) in [5, 5.41) is 10.1. The quantitative estimate of drug-likeness (QED) is 0.748. The van der Waals surface area contributed by atoms with Gasteiger partial charge < -0.3 is 9.84 Å². The largest absolute Gasteiger partial charge is 0.479 e. The van der Waals surface area contributed by atoms with Crippen LogP contribution in [-0.4, -0.2) is 41.3 Å². The van der Waals surface area contributed by atoms with Gasteiger partial charge in [0, 0.05) is 13.0 Å². The third-order valence-corrected chi connectivity index (χ3v) is 7.25. The fourth-order valence-electron chi connectivity index (χ4n) is 5.50. The normalized spacial score (nSPS) is 22.1. The minimum atomic E-state index is -1.26. The smallest absolute Gasteiger partial charge is 0.410 e. The number of carboxylic acid groups (broad SMARTS) is 1. The van der Waals surface area contributed by atoms with Crippen molar-refractivity contribution in [2.75, 3.05) is 13.7 Å². The highest BCUT2D eigenvalue weighted by Gasteiger charge is 2.57. The first-order valence-corrected chi connectivity index (χ1v) is 10.6. The van der Waals surface area contributed by atoms with Gasteiger partial charge in [-0.15, -0.1) is 0 Å². The van der Waals surface area contributed by atoms with Gasteiger partial charge in [0.2, 0.25) is 0 Å². The number of hydrogen-bond donors (Lipinski definition) is 1. The zero-order valence-electron chi connectivity index (χ0n) is 17.9. The summed E-state index contributed by atoms with van der Waals surface area (Å²) in [7, 11) is 1.57. The van der Waals surface area contributed by atoms with Crippen LogP contribution in [0.15, 0.2) is 48.5 Å². The lowest BCUT2D eigenvalue weighted by Gasteiger charge is -2.51. The van der Waals surface area contributed by atoms with E-state index in [0.717, 1.165) is 41.5 Å². The summed E-state index contributed by atoms with van der Waals surface area (Å²) in [5.74, 6) is -1.00. The molecular formula is C25H29NO4. The van der Waals surface area contributed by atoms with Crippen molar-refractivity contribution in [1.29, 1.82) is 0 Å². The summed E-state index contributed by atoms with van der Waals surface area (Å²) < 4.78 is 5.75. The number of ether oxygens (including phenoxy) is 1. The third kappa shape index (κ3) is 2.99. The van der Waals surface area contributed by atoms with Crippen LogP contribution in [-0.2, 0) is 9.53 Å². The van der Waals surface area contributed by atoms with E-state index in [1.165, 1.54) is 4.90 Å². The van der Waals surface area contributed by atoms with E-state index in [0.29, 0.717) is 6.42 Å². The number of hydrogen-bond acceptors (Lipinski definition) is 3. The van der Waals surface area contributed by atoms with Crippen molar-refractivity contribution < 1.29 is 19.4 Å². The molecule has 5 nitrogen and oxygen atoms in total. The second-order valence-corrected chi connectivity index (χ2v) is 9.12. The number of carbonyl (C=O) groups excluding carboxylic acids is 1. The Bertz CT molecular complexity index is 937. The molecule has 0 aromatic heterocycles. The predicted octanol–water partition coefficient (Wildman–Crippen LogP) is 5.29. The van der Waals surface area contributed by atoms with Crippen molar-refractivity contribution in [3.8, 4) is 11.1 Å². The van der Waals surface area contributed by atoms with Crippen molar-refractivity contribution in [2.24, 2.45) is 5.41 Å². The van der Waals surface area contributed by atoms with Gasteiger partial charge in [0.1, 0.15) is 12.1 Å². The van der Waals surface area contributed by atoms with Crippen molar-refractivity contribution in [3.05, 3.63) is 59.7 Å². The van der Waals surface area contributed by atoms with Gasteiger partial charge in [-0.05, 0) is 40.5 Å². The molecule has 1 amide bonds. The maximum Gasteiger partial charge on any atom is 0.410 e. The Kier molecular flexibility index (Phi) is 5.08. The molecule has 0 aliphatic heterocycles. The Balaban J connectivity index is 1.57. The Labute approximate surface area is 177 Å². The highest BCUT2D eigenvalue weighted by molar-refractivity contribution is 5.85. The first kappa shape index (κ1) is 20.5. The van der Waals surface area contributed by atoms with Crippen molar-refractivity contribution in [2.45, 2.75) is 51.0 Å². The van der Waals surface area contributed by atoms with Gasteiger partial charge in [0.25, 0.3) is 0 Å². The topological polar surface area (TPSA) is 66.8 Å². The van der Waals surface area contributed by atoms with E-state index < -0.39 is 23.0 Å². The minimum absolute atomic E-state index is 0.0464. The van der Waals surface area contributed by atoms with Crippen LogP contribution in [0.1, 0.15) is 56.6 Å². The molecule has 1 atom stereocenters. The first-order chi connectivity index (χ1) is 14.3. The fraction of sp³-hybridized carbons (Fsp3) is 0.440. The van der Waals surface area contributed by atoms with Crippen LogP contribution in [0.5, 0.6) is 0 Å². The Morgan fingerprint density at radius 1 is 1.00 bits per heavy atom. The zero-order chi connectivity index (χ0) is 21.5. The molecule has 0 spiro atoms. The third-order valence-electron chi connectivity index (χ3n) is 7.25. The molecule has 2 aromatic rings. The molecule has 0 saturated heterocycles. The molecule has 30 heavy (non-hydrogen) atoms. The molecule has 0 bridgehead atoms. The second kappa shape index (κ2) is 7.46. The van der Waals surface area contributed by atoms with Crippen LogP contribution >= 0.6 is 0 Å². The van der Waals surface area contributed by atoms with Crippen molar-refractivity contribution >= 4 is 12.1 Å². The number of aliphatic carboxylic acids is 1. The highest BCUT2D eigenvalue weighted by Crippen LogP contribution is 2.48. The van der Waals surface area contributed by atoms with E-state index in [2.05, 4.69) is 24.3 Å². The van der Waals surface area contributed by atoms with Crippen LogP contribution < -0.4 is 0 Å². The molecule has 1 fully saturated rings. The Morgan fingerprint density at radius 3 is 2.07 bits per heavy atom. The van der Waals surface area contributed by atoms with Gasteiger partial charge >= 0.3 is 12.1 Å². The summed E-state index contributed by atoms with van der Waals surface area (Å²) in [5.41, 5.74) is 2.82. The van der Waals surface area contributed by atoms with Gasteiger partial charge in [-0.2, -0.15) is 0 Å². The SMILES string of the molecule is CN(C(=O)OCC1c2ccccc2-c2ccccc21)C1(C(=O)O)CCCCC1(C)C. The molecule has 2 aromatic carbocycles. The van der Waals surface area contributed by atoms with Gasteiger partial charge in [-0.1, -0.05) is 75.2 Å². The molecule has 2 aliphatic carbocycles. The number of fused-ring (bicyclic) bond motifs is 3. The lowest BCUT2D eigenvalue weighted by Crippen LogP contribution is -2.64. The molecule has 1 saturated carbocycles. The Hall–Kier alpha value is -2.82. The standard InChI is InChI=1S/C25H29NO4/c1-24(2)14-8-9-15-25(24,22(27)28)26(3)23(29)30-16-21-19-12-6-4-10-17(19)18-11-5-7-13-20(18)21/h4-7,10-13,21H,8-9,14-16H2,1-3H3,(H,27,28). The molecule has 5 heteroatoms. The maximum atomic E-state index is 13.1. The molecule has 0 radical (unpaired) electrons. The Morgan fingerprint density at radius 2 is 1.53 bits per heavy atom. The van der Waals surface area contributed by atoms with Gasteiger partial charge in [0.15, 0.2) is 0 Å². The van der Waals surface area contributed by atoms with E-state index in [1.54, 1.807) is 7.05 Å². The van der Waals surface area contributed by atoms with Crippen molar-refractivity contribution in [3.63, 3.8) is 0 Å². The predicted molar refractivity (Wildman–Crippen MR) is 115 cm³/mol. The monoisotopic (exact) mass is 407 g/mol. The number of benzene rings is 2. The van der Waals surface area contributed by atoms with Crippen LogP contribution in [0.2, 0.25) is 0 Å². The van der Waals surface area contributed by atoms with Gasteiger partial charge in [-0.25, -0.2) is 9.59 Å². The van der Waals surface area contributed by atoms with Crippen LogP contribution in [0.4, 0.5) is 4.79 Å². The maximum absolute atomic E-state index is 13.1. The average molecular weight is 408 g/mol. The van der Waals surface area contributed by atoms with E-state index in [4.69, 9.17) is 4.74 Å². The van der Waals surface area contributed by atoms with Crippen LogP contribution in [0, 0.1) is 5.41 Å². The van der Waals surface area contributed by atoms with E-state index in [-0.39, 0.29) is 12.5 Å². The number of carboxylic acids is 1. The van der Waals surface area contributed by atoms with Crippen molar-refractivity contribution in [1.82, 2.24) is 4.90 Å². The first-order valence-electron chi connectivity index (χ1n) is 10.6. The lowest BCUT2D eigenvalue weighted by atomic mass is 9.62. The highest BCUT2D eigenvalue weighted by atomic mass is 16.6. The van der Waals surface area contributed by atoms with Gasteiger partial charge in [0.05, 0.1) is 0 Å². The van der Waals surface area contributed by atoms with E-state index >= 15 is 0 Å². The number of likely N-dealkylation sites (N-methyl/N-ethyl adjacent to an activating group) is 1. The van der Waals surface area contributed by atoms with E-state index in [9.17, 15) is 14.7 Å². The molecule has 0 heterocycles. The average Bonchev–Trinajstić information content (AvgIpc) is 3.05. The number of rotatable bonds is 4. The number of nitrogens with zero attached hydrogens (tertiary/aromatic N) is 1. The summed E-state index contributed by atoms with van der Waals surface area (Å²) in [4.78, 5) is 26.8. The number of carbonyl (C=O) groups is 2. The fourth-order valence-corrected chi connectivity index (χ4v) is 5.50. The van der Waals surface area contributed by atoms with E-state index in [1.807, 2.05) is 38.1 Å². The molecule has 158 valence electrons. The zero-order valence-corrected chi connectivity index (χ0v) is 17.9. The minimum Gasteiger partial charge on any atom is -0.479 e.